The average Bonchev–Trinajstić information content (AvgIpc) is 2.30. The van der Waals surface area contributed by atoms with Crippen molar-refractivity contribution in [2.75, 3.05) is 6.61 Å². The summed E-state index contributed by atoms with van der Waals surface area (Å²) in [5.41, 5.74) is -1.05. The van der Waals surface area contributed by atoms with Crippen LogP contribution in [0.2, 0.25) is 0 Å². The molecule has 1 aromatic rings. The van der Waals surface area contributed by atoms with Crippen molar-refractivity contribution < 1.29 is 18.6 Å². The van der Waals surface area contributed by atoms with E-state index in [9.17, 15) is 13.9 Å². The van der Waals surface area contributed by atoms with Crippen LogP contribution < -0.4 is 4.74 Å². The van der Waals surface area contributed by atoms with E-state index in [2.05, 4.69) is 0 Å². The highest BCUT2D eigenvalue weighted by Gasteiger charge is 2.38. The monoisotopic (exact) mass is 258 g/mol. The van der Waals surface area contributed by atoms with Gasteiger partial charge in [0.25, 0.3) is 0 Å². The third-order valence-electron chi connectivity index (χ3n) is 3.22. The number of alkyl halides is 2. The fourth-order valence-electron chi connectivity index (χ4n) is 2.09. The van der Waals surface area contributed by atoms with E-state index < -0.39 is 17.9 Å². The maximum Gasteiger partial charge on any atom is 0.244 e. The molecule has 2 unspecified atom stereocenters. The van der Waals surface area contributed by atoms with E-state index in [1.165, 1.54) is 6.92 Å². The normalized spacial score (nSPS) is 16.4. The van der Waals surface area contributed by atoms with Gasteiger partial charge in [-0.2, -0.15) is 0 Å². The van der Waals surface area contributed by atoms with Crippen LogP contribution in [-0.4, -0.2) is 18.1 Å². The molecule has 2 nitrogen and oxygen atoms in total. The van der Waals surface area contributed by atoms with E-state index in [1.54, 1.807) is 31.2 Å². The summed E-state index contributed by atoms with van der Waals surface area (Å²) in [6.07, 6.45) is -2.32. The zero-order valence-electron chi connectivity index (χ0n) is 11.0. The minimum Gasteiger partial charge on any atom is -0.494 e. The summed E-state index contributed by atoms with van der Waals surface area (Å²) in [6.45, 7) is 5.50. The first kappa shape index (κ1) is 14.9. The zero-order chi connectivity index (χ0) is 13.8. The number of hydrogen-bond donors (Lipinski definition) is 1. The second-order valence-corrected chi connectivity index (χ2v) is 4.45. The van der Waals surface area contributed by atoms with E-state index in [0.29, 0.717) is 17.9 Å². The van der Waals surface area contributed by atoms with Crippen LogP contribution in [0.4, 0.5) is 8.78 Å². The van der Waals surface area contributed by atoms with Gasteiger partial charge in [0, 0.05) is 0 Å². The van der Waals surface area contributed by atoms with Gasteiger partial charge in [-0.15, -0.1) is 0 Å². The molecular formula is C14H20F2O2. The Morgan fingerprint density at radius 2 is 1.78 bits per heavy atom. The minimum absolute atomic E-state index is 0.220. The van der Waals surface area contributed by atoms with Gasteiger partial charge in [-0.1, -0.05) is 19.1 Å². The lowest BCUT2D eigenvalue weighted by Gasteiger charge is -2.32. The van der Waals surface area contributed by atoms with Gasteiger partial charge in [0.1, 0.15) is 5.75 Å². The van der Waals surface area contributed by atoms with Gasteiger partial charge < -0.3 is 9.84 Å². The fourth-order valence-corrected chi connectivity index (χ4v) is 2.09. The summed E-state index contributed by atoms with van der Waals surface area (Å²) in [4.78, 5) is 0. The molecule has 0 bridgehead atoms. The lowest BCUT2D eigenvalue weighted by Crippen LogP contribution is -2.36. The summed E-state index contributed by atoms with van der Waals surface area (Å²) in [5.74, 6) is -0.405. The summed E-state index contributed by atoms with van der Waals surface area (Å²) in [6, 6.07) is 6.64. The van der Waals surface area contributed by atoms with Crippen LogP contribution in [0.5, 0.6) is 5.75 Å². The second-order valence-electron chi connectivity index (χ2n) is 4.45. The van der Waals surface area contributed by atoms with Crippen LogP contribution in [0.15, 0.2) is 24.3 Å². The van der Waals surface area contributed by atoms with Crippen molar-refractivity contribution in [2.24, 2.45) is 5.92 Å². The fraction of sp³-hybridized carbons (Fsp3) is 0.571. The Morgan fingerprint density at radius 3 is 2.17 bits per heavy atom. The van der Waals surface area contributed by atoms with Crippen molar-refractivity contribution in [3.8, 4) is 5.75 Å². The molecule has 1 rings (SSSR count). The van der Waals surface area contributed by atoms with E-state index in [4.69, 9.17) is 4.74 Å². The Labute approximate surface area is 107 Å². The molecule has 4 heteroatoms. The van der Waals surface area contributed by atoms with Gasteiger partial charge in [-0.05, 0) is 38.0 Å². The number of ether oxygens (including phenoxy) is 1. The smallest absolute Gasteiger partial charge is 0.244 e. The standard InChI is InChI=1S/C14H20F2O2/c1-4-12(13(15)16)14(3,17)10-6-8-11(9-7-10)18-5-2/h6-9,12-13,17H,4-5H2,1-3H3. The van der Waals surface area contributed by atoms with Crippen LogP contribution in [0.1, 0.15) is 32.8 Å². The predicted molar refractivity (Wildman–Crippen MR) is 67.0 cm³/mol. The van der Waals surface area contributed by atoms with Crippen LogP contribution in [0, 0.1) is 5.92 Å². The summed E-state index contributed by atoms with van der Waals surface area (Å²) in [5, 5.41) is 10.3. The number of aliphatic hydroxyl groups is 1. The van der Waals surface area contributed by atoms with Crippen molar-refractivity contribution >= 4 is 0 Å². The van der Waals surface area contributed by atoms with Gasteiger partial charge in [0.05, 0.1) is 18.1 Å². The van der Waals surface area contributed by atoms with Gasteiger partial charge >= 0.3 is 0 Å². The van der Waals surface area contributed by atoms with Crippen LogP contribution in [0.3, 0.4) is 0 Å². The predicted octanol–water partition coefficient (Wildman–Crippen LogP) is 3.58. The molecule has 0 heterocycles. The average molecular weight is 258 g/mol. The molecule has 102 valence electrons. The third-order valence-corrected chi connectivity index (χ3v) is 3.22. The molecule has 0 amide bonds. The molecule has 0 aliphatic rings. The molecule has 0 saturated heterocycles. The number of rotatable bonds is 6. The first-order valence-electron chi connectivity index (χ1n) is 6.17. The molecule has 0 aliphatic carbocycles. The number of hydrogen-bond acceptors (Lipinski definition) is 2. The maximum atomic E-state index is 12.9. The van der Waals surface area contributed by atoms with E-state index in [0.717, 1.165) is 0 Å². The molecule has 0 radical (unpaired) electrons. The van der Waals surface area contributed by atoms with Gasteiger partial charge in [-0.25, -0.2) is 8.78 Å². The highest BCUT2D eigenvalue weighted by atomic mass is 19.3. The maximum absolute atomic E-state index is 12.9. The molecule has 0 fully saturated rings. The third kappa shape index (κ3) is 3.19. The molecule has 2 atom stereocenters. The number of benzene rings is 1. The molecule has 0 saturated carbocycles. The summed E-state index contributed by atoms with van der Waals surface area (Å²) >= 11 is 0. The number of halogens is 2. The van der Waals surface area contributed by atoms with Crippen molar-refractivity contribution in [1.82, 2.24) is 0 Å². The SMILES string of the molecule is CCOc1ccc(C(C)(O)C(CC)C(F)F)cc1. The lowest BCUT2D eigenvalue weighted by molar-refractivity contribution is -0.0798. The molecule has 0 spiro atoms. The first-order valence-corrected chi connectivity index (χ1v) is 6.17. The second kappa shape index (κ2) is 6.14. The van der Waals surface area contributed by atoms with Gasteiger partial charge in [0.15, 0.2) is 0 Å². The topological polar surface area (TPSA) is 29.5 Å². The van der Waals surface area contributed by atoms with Crippen molar-refractivity contribution in [3.63, 3.8) is 0 Å². The Bertz CT molecular complexity index is 361. The van der Waals surface area contributed by atoms with Gasteiger partial charge in [-0.3, -0.25) is 0 Å². The lowest BCUT2D eigenvalue weighted by atomic mass is 9.81. The minimum atomic E-state index is -2.54. The molecule has 1 aromatic carbocycles. The van der Waals surface area contributed by atoms with E-state index in [-0.39, 0.29) is 6.42 Å². The zero-order valence-corrected chi connectivity index (χ0v) is 11.0. The van der Waals surface area contributed by atoms with Crippen LogP contribution >= 0.6 is 0 Å². The van der Waals surface area contributed by atoms with E-state index in [1.807, 2.05) is 6.92 Å². The van der Waals surface area contributed by atoms with Gasteiger partial charge in [0.2, 0.25) is 6.43 Å². The summed E-state index contributed by atoms with van der Waals surface area (Å²) in [7, 11) is 0. The highest BCUT2D eigenvalue weighted by molar-refractivity contribution is 5.31. The van der Waals surface area contributed by atoms with Crippen LogP contribution in [0.25, 0.3) is 0 Å². The molecule has 0 aromatic heterocycles. The first-order chi connectivity index (χ1) is 8.43. The highest BCUT2D eigenvalue weighted by Crippen LogP contribution is 2.36. The Kier molecular flexibility index (Phi) is 5.08. The quantitative estimate of drug-likeness (QED) is 0.845. The van der Waals surface area contributed by atoms with Crippen molar-refractivity contribution in [3.05, 3.63) is 29.8 Å². The Hall–Kier alpha value is -1.16. The molecule has 1 N–H and O–H groups in total. The Morgan fingerprint density at radius 1 is 1.22 bits per heavy atom. The molecule has 18 heavy (non-hydrogen) atoms. The Balaban J connectivity index is 2.96. The largest absolute Gasteiger partial charge is 0.494 e. The molecular weight excluding hydrogens is 238 g/mol. The van der Waals surface area contributed by atoms with Crippen LogP contribution in [-0.2, 0) is 5.60 Å². The molecule has 0 aliphatic heterocycles. The summed E-state index contributed by atoms with van der Waals surface area (Å²) < 4.78 is 31.1. The van der Waals surface area contributed by atoms with Crippen molar-refractivity contribution in [1.29, 1.82) is 0 Å². The van der Waals surface area contributed by atoms with E-state index >= 15 is 0 Å². The van der Waals surface area contributed by atoms with Crippen molar-refractivity contribution in [2.45, 2.75) is 39.2 Å².